The number of pyridine rings is 1. The summed E-state index contributed by atoms with van der Waals surface area (Å²) >= 11 is 0. The van der Waals surface area contributed by atoms with Crippen LogP contribution >= 0.6 is 0 Å². The Balaban J connectivity index is 1.31. The molecular formula is C25H25FN4O2. The minimum absolute atomic E-state index is 0.0495. The van der Waals surface area contributed by atoms with Crippen LogP contribution in [0.3, 0.4) is 0 Å². The minimum atomic E-state index is -0.375. The summed E-state index contributed by atoms with van der Waals surface area (Å²) in [5, 5.41) is 4.36. The van der Waals surface area contributed by atoms with E-state index < -0.39 is 0 Å². The predicted octanol–water partition coefficient (Wildman–Crippen LogP) is 4.18. The molecule has 6 rings (SSSR count). The van der Waals surface area contributed by atoms with Crippen molar-refractivity contribution in [1.82, 2.24) is 19.7 Å². The van der Waals surface area contributed by atoms with Crippen molar-refractivity contribution in [3.8, 4) is 11.6 Å². The van der Waals surface area contributed by atoms with E-state index in [4.69, 9.17) is 4.74 Å². The standard InChI is InChI=1S/C25H25FN4O2/c1-16-3-6-20(29-12-2-11-28-29)18(13-16)24(31)30-21-9-10-25(19(21)5-7-22(25)30)15-32-23-8-4-17(26)14-27-23/h2-4,6,8,11-14,19,21-22H,5,7,9-10,15H2,1H3. The van der Waals surface area contributed by atoms with Crippen molar-refractivity contribution < 1.29 is 13.9 Å². The summed E-state index contributed by atoms with van der Waals surface area (Å²) in [6.45, 7) is 2.53. The molecule has 3 aromatic rings. The van der Waals surface area contributed by atoms with Crippen LogP contribution in [-0.4, -0.2) is 44.3 Å². The van der Waals surface area contributed by atoms with E-state index in [-0.39, 0.29) is 29.2 Å². The average Bonchev–Trinajstić information content (AvgIpc) is 3.57. The Bertz CT molecular complexity index is 1160. The summed E-state index contributed by atoms with van der Waals surface area (Å²) in [5.74, 6) is 0.587. The zero-order valence-corrected chi connectivity index (χ0v) is 17.9. The molecule has 7 heteroatoms. The van der Waals surface area contributed by atoms with Crippen LogP contribution in [0, 0.1) is 24.1 Å². The van der Waals surface area contributed by atoms with Crippen LogP contribution in [0.25, 0.3) is 5.69 Å². The Morgan fingerprint density at radius 2 is 2.16 bits per heavy atom. The van der Waals surface area contributed by atoms with Gasteiger partial charge < -0.3 is 9.64 Å². The molecule has 164 valence electrons. The van der Waals surface area contributed by atoms with E-state index in [0.717, 1.165) is 36.9 Å². The van der Waals surface area contributed by atoms with Crippen molar-refractivity contribution in [3.63, 3.8) is 0 Å². The van der Waals surface area contributed by atoms with Crippen LogP contribution < -0.4 is 4.74 Å². The highest BCUT2D eigenvalue weighted by Crippen LogP contribution is 2.64. The minimum Gasteiger partial charge on any atom is -0.477 e. The smallest absolute Gasteiger partial charge is 0.256 e. The second kappa shape index (κ2) is 7.15. The van der Waals surface area contributed by atoms with E-state index in [9.17, 15) is 9.18 Å². The summed E-state index contributed by atoms with van der Waals surface area (Å²) in [7, 11) is 0. The van der Waals surface area contributed by atoms with Crippen LogP contribution in [0.2, 0.25) is 0 Å². The SMILES string of the molecule is Cc1ccc(-n2cccn2)c(C(=O)N2C3CCC4(COc5ccc(F)cn5)C3CCC24)c1. The Kier molecular flexibility index (Phi) is 4.35. The Morgan fingerprint density at radius 1 is 1.25 bits per heavy atom. The molecule has 6 nitrogen and oxygen atoms in total. The Hall–Kier alpha value is -3.22. The van der Waals surface area contributed by atoms with Crippen LogP contribution in [-0.2, 0) is 0 Å². The van der Waals surface area contributed by atoms with Gasteiger partial charge in [0, 0.05) is 36.0 Å². The monoisotopic (exact) mass is 432 g/mol. The first kappa shape index (κ1) is 19.5. The molecule has 1 saturated heterocycles. The molecule has 2 aromatic heterocycles. The van der Waals surface area contributed by atoms with Crippen molar-refractivity contribution in [1.29, 1.82) is 0 Å². The van der Waals surface area contributed by atoms with E-state index >= 15 is 0 Å². The van der Waals surface area contributed by atoms with Gasteiger partial charge in [-0.2, -0.15) is 5.10 Å². The van der Waals surface area contributed by atoms with E-state index in [2.05, 4.69) is 15.0 Å². The maximum atomic E-state index is 13.9. The highest BCUT2D eigenvalue weighted by molar-refractivity contribution is 5.99. The summed E-state index contributed by atoms with van der Waals surface area (Å²) in [5.41, 5.74) is 2.51. The number of hydrogen-bond acceptors (Lipinski definition) is 4. The number of carbonyl (C=O) groups excluding carboxylic acids is 1. The maximum absolute atomic E-state index is 13.9. The van der Waals surface area contributed by atoms with Crippen molar-refractivity contribution in [2.24, 2.45) is 11.3 Å². The molecule has 4 atom stereocenters. The van der Waals surface area contributed by atoms with Gasteiger partial charge in [0.2, 0.25) is 5.88 Å². The zero-order chi connectivity index (χ0) is 21.9. The van der Waals surface area contributed by atoms with E-state index in [1.165, 1.54) is 12.3 Å². The van der Waals surface area contributed by atoms with Gasteiger partial charge >= 0.3 is 0 Å². The number of likely N-dealkylation sites (tertiary alicyclic amines) is 1. The predicted molar refractivity (Wildman–Crippen MR) is 116 cm³/mol. The molecular weight excluding hydrogens is 407 g/mol. The second-order valence-electron chi connectivity index (χ2n) is 9.33. The van der Waals surface area contributed by atoms with Crippen LogP contribution in [0.5, 0.6) is 5.88 Å². The molecule has 2 saturated carbocycles. The van der Waals surface area contributed by atoms with Gasteiger partial charge in [-0.15, -0.1) is 0 Å². The lowest BCUT2D eigenvalue weighted by Crippen LogP contribution is -2.50. The highest BCUT2D eigenvalue weighted by Gasteiger charge is 2.68. The quantitative estimate of drug-likeness (QED) is 0.607. The molecule has 0 radical (unpaired) electrons. The number of nitrogens with zero attached hydrogens (tertiary/aromatic N) is 4. The Morgan fingerprint density at radius 3 is 2.94 bits per heavy atom. The third-order valence-electron chi connectivity index (χ3n) is 7.77. The number of aromatic nitrogens is 3. The fourth-order valence-electron chi connectivity index (χ4n) is 6.48. The summed E-state index contributed by atoms with van der Waals surface area (Å²) in [4.78, 5) is 20.1. The fourth-order valence-corrected chi connectivity index (χ4v) is 6.48. The molecule has 3 heterocycles. The summed E-state index contributed by atoms with van der Waals surface area (Å²) in [6, 6.07) is 11.2. The zero-order valence-electron chi connectivity index (χ0n) is 17.9. The first-order valence-corrected chi connectivity index (χ1v) is 11.2. The first-order valence-electron chi connectivity index (χ1n) is 11.2. The molecule has 4 bridgehead atoms. The maximum Gasteiger partial charge on any atom is 0.256 e. The van der Waals surface area contributed by atoms with Gasteiger partial charge in [0.05, 0.1) is 24.1 Å². The lowest BCUT2D eigenvalue weighted by atomic mass is 9.80. The Labute approximate surface area is 186 Å². The molecule has 0 N–H and O–H groups in total. The number of rotatable bonds is 5. The lowest BCUT2D eigenvalue weighted by molar-refractivity contribution is 0.0383. The largest absolute Gasteiger partial charge is 0.477 e. The average molecular weight is 432 g/mol. The van der Waals surface area contributed by atoms with Crippen LogP contribution in [0.1, 0.15) is 41.6 Å². The normalized spacial score (nSPS) is 27.8. The van der Waals surface area contributed by atoms with Gasteiger partial charge in [0.25, 0.3) is 5.91 Å². The van der Waals surface area contributed by atoms with Gasteiger partial charge in [-0.3, -0.25) is 4.79 Å². The number of piperidine rings is 2. The van der Waals surface area contributed by atoms with Crippen molar-refractivity contribution in [2.45, 2.75) is 44.7 Å². The first-order chi connectivity index (χ1) is 15.6. The molecule has 1 aromatic carbocycles. The fraction of sp³-hybridized carbons (Fsp3) is 0.400. The molecule has 3 fully saturated rings. The topological polar surface area (TPSA) is 60.2 Å². The van der Waals surface area contributed by atoms with Crippen molar-refractivity contribution in [3.05, 3.63) is 71.9 Å². The van der Waals surface area contributed by atoms with Gasteiger partial charge in [0.15, 0.2) is 0 Å². The highest BCUT2D eigenvalue weighted by atomic mass is 19.1. The molecule has 1 aliphatic heterocycles. The summed E-state index contributed by atoms with van der Waals surface area (Å²) in [6.07, 6.45) is 8.94. The molecule has 32 heavy (non-hydrogen) atoms. The molecule has 4 unspecified atom stereocenters. The number of aryl methyl sites for hydroxylation is 1. The van der Waals surface area contributed by atoms with Gasteiger partial charge in [-0.25, -0.2) is 14.1 Å². The summed E-state index contributed by atoms with van der Waals surface area (Å²) < 4.78 is 21.0. The lowest BCUT2D eigenvalue weighted by Gasteiger charge is -2.40. The van der Waals surface area contributed by atoms with Gasteiger partial charge in [0.1, 0.15) is 5.82 Å². The molecule has 1 amide bonds. The van der Waals surface area contributed by atoms with E-state index in [1.54, 1.807) is 16.9 Å². The number of benzene rings is 1. The van der Waals surface area contributed by atoms with Gasteiger partial charge in [-0.05, 0) is 62.8 Å². The number of hydrogen-bond donors (Lipinski definition) is 0. The van der Waals surface area contributed by atoms with Crippen LogP contribution in [0.15, 0.2) is 55.0 Å². The second-order valence-corrected chi connectivity index (χ2v) is 9.33. The third-order valence-corrected chi connectivity index (χ3v) is 7.77. The molecule has 0 spiro atoms. The van der Waals surface area contributed by atoms with Crippen molar-refractivity contribution >= 4 is 5.91 Å². The van der Waals surface area contributed by atoms with Crippen molar-refractivity contribution in [2.75, 3.05) is 6.61 Å². The number of ether oxygens (including phenoxy) is 1. The van der Waals surface area contributed by atoms with E-state index in [1.807, 2.05) is 37.4 Å². The molecule has 3 aliphatic rings. The van der Waals surface area contributed by atoms with E-state index in [0.29, 0.717) is 24.0 Å². The third kappa shape index (κ3) is 2.80. The van der Waals surface area contributed by atoms with Crippen LogP contribution in [0.4, 0.5) is 4.39 Å². The number of carbonyl (C=O) groups is 1. The van der Waals surface area contributed by atoms with Gasteiger partial charge in [-0.1, -0.05) is 11.6 Å². The number of halogens is 1. The molecule has 2 aliphatic carbocycles. The number of amides is 1.